The Morgan fingerprint density at radius 3 is 2.75 bits per heavy atom. The van der Waals surface area contributed by atoms with Gasteiger partial charge in [-0.3, -0.25) is 10.1 Å². The quantitative estimate of drug-likeness (QED) is 0.179. The van der Waals surface area contributed by atoms with Crippen LogP contribution in [-0.2, 0) is 11.2 Å². The minimum absolute atomic E-state index is 0.112. The number of rotatable bonds is 12. The van der Waals surface area contributed by atoms with E-state index < -0.39 is 5.91 Å². The van der Waals surface area contributed by atoms with Crippen molar-refractivity contribution in [1.82, 2.24) is 10.2 Å². The molecule has 0 saturated heterocycles. The number of unbranched alkanes of at least 4 members (excludes halogenated alkanes) is 1. The summed E-state index contributed by atoms with van der Waals surface area (Å²) in [5, 5.41) is 21.7. The van der Waals surface area contributed by atoms with Crippen molar-refractivity contribution in [3.05, 3.63) is 63.1 Å². The molecule has 0 fully saturated rings. The standard InChI is InChI=1S/C26H27ClN4O4S/c1-4-5-9-23-30-31-26(36-23)29-25(32)19(16-28)13-18-14-21(27)24(22(15-18)33-3)35-11-10-34-20-8-6-7-17(2)12-20/h6-8,12-15H,4-5,9-11H2,1-3H3,(H,29,31,32). The van der Waals surface area contributed by atoms with Crippen LogP contribution < -0.4 is 19.5 Å². The molecule has 0 aliphatic carbocycles. The van der Waals surface area contributed by atoms with Crippen LogP contribution in [0.25, 0.3) is 6.08 Å². The Hall–Kier alpha value is -3.61. The summed E-state index contributed by atoms with van der Waals surface area (Å²) >= 11 is 7.73. The SMILES string of the molecule is CCCCc1nnc(NC(=O)C(C#N)=Cc2cc(Cl)c(OCCOc3cccc(C)c3)c(OC)c2)s1. The van der Waals surface area contributed by atoms with Crippen molar-refractivity contribution in [2.24, 2.45) is 0 Å². The van der Waals surface area contributed by atoms with Crippen LogP contribution in [0.2, 0.25) is 5.02 Å². The van der Waals surface area contributed by atoms with Crippen molar-refractivity contribution in [2.75, 3.05) is 25.6 Å². The minimum Gasteiger partial charge on any atom is -0.493 e. The van der Waals surface area contributed by atoms with Crippen LogP contribution in [-0.4, -0.2) is 36.4 Å². The summed E-state index contributed by atoms with van der Waals surface area (Å²) in [5.41, 5.74) is 1.50. The molecular formula is C26H27ClN4O4S. The van der Waals surface area contributed by atoms with Crippen LogP contribution in [0.4, 0.5) is 5.13 Å². The van der Waals surface area contributed by atoms with E-state index in [1.807, 2.05) is 37.3 Å². The number of amides is 1. The molecule has 1 N–H and O–H groups in total. The van der Waals surface area contributed by atoms with Crippen LogP contribution in [0.5, 0.6) is 17.2 Å². The zero-order chi connectivity index (χ0) is 25.9. The number of nitrogens with one attached hydrogen (secondary N) is 1. The van der Waals surface area contributed by atoms with Crippen molar-refractivity contribution >= 4 is 40.1 Å². The van der Waals surface area contributed by atoms with Crippen molar-refractivity contribution in [2.45, 2.75) is 33.1 Å². The number of halogens is 1. The van der Waals surface area contributed by atoms with Gasteiger partial charge in [0.15, 0.2) is 11.5 Å². The number of hydrogen-bond acceptors (Lipinski definition) is 8. The van der Waals surface area contributed by atoms with E-state index in [4.69, 9.17) is 25.8 Å². The Labute approximate surface area is 219 Å². The van der Waals surface area contributed by atoms with E-state index in [9.17, 15) is 10.1 Å². The third-order valence-electron chi connectivity index (χ3n) is 4.95. The third-order valence-corrected chi connectivity index (χ3v) is 6.13. The minimum atomic E-state index is -0.584. The first-order valence-corrected chi connectivity index (χ1v) is 12.6. The van der Waals surface area contributed by atoms with Gasteiger partial charge >= 0.3 is 0 Å². The second-order valence-corrected chi connectivity index (χ2v) is 9.25. The maximum atomic E-state index is 12.6. The fraction of sp³-hybridized carbons (Fsp3) is 0.308. The summed E-state index contributed by atoms with van der Waals surface area (Å²) in [4.78, 5) is 12.6. The van der Waals surface area contributed by atoms with Gasteiger partial charge in [0.05, 0.1) is 12.1 Å². The van der Waals surface area contributed by atoms with Crippen LogP contribution in [0.1, 0.15) is 35.9 Å². The fourth-order valence-electron chi connectivity index (χ4n) is 3.18. The molecule has 10 heteroatoms. The monoisotopic (exact) mass is 526 g/mol. The molecule has 0 radical (unpaired) electrons. The lowest BCUT2D eigenvalue weighted by Gasteiger charge is -2.14. The molecule has 1 amide bonds. The van der Waals surface area contributed by atoms with E-state index in [0.29, 0.717) is 28.8 Å². The number of ether oxygens (including phenoxy) is 3. The molecule has 8 nitrogen and oxygen atoms in total. The summed E-state index contributed by atoms with van der Waals surface area (Å²) in [6.07, 6.45) is 4.26. The zero-order valence-electron chi connectivity index (χ0n) is 20.3. The number of aromatic nitrogens is 2. The number of methoxy groups -OCH3 is 1. The highest BCUT2D eigenvalue weighted by Crippen LogP contribution is 2.37. The highest BCUT2D eigenvalue weighted by atomic mass is 35.5. The van der Waals surface area contributed by atoms with E-state index in [2.05, 4.69) is 22.4 Å². The van der Waals surface area contributed by atoms with Crippen molar-refractivity contribution in [1.29, 1.82) is 5.26 Å². The summed E-state index contributed by atoms with van der Waals surface area (Å²) in [6, 6.07) is 12.9. The van der Waals surface area contributed by atoms with Crippen LogP contribution in [0, 0.1) is 18.3 Å². The zero-order valence-corrected chi connectivity index (χ0v) is 21.9. The summed E-state index contributed by atoms with van der Waals surface area (Å²) in [7, 11) is 1.48. The number of aryl methyl sites for hydroxylation is 2. The van der Waals surface area contributed by atoms with Crippen molar-refractivity contribution in [3.63, 3.8) is 0 Å². The second kappa shape index (κ2) is 13.5. The molecule has 2 aromatic carbocycles. The lowest BCUT2D eigenvalue weighted by atomic mass is 10.1. The molecule has 3 aromatic rings. The normalized spacial score (nSPS) is 11.0. The molecule has 1 aromatic heterocycles. The lowest BCUT2D eigenvalue weighted by molar-refractivity contribution is -0.112. The van der Waals surface area contributed by atoms with Gasteiger partial charge in [-0.1, -0.05) is 48.4 Å². The molecular weight excluding hydrogens is 500 g/mol. The fourth-order valence-corrected chi connectivity index (χ4v) is 4.23. The average molecular weight is 527 g/mol. The van der Waals surface area contributed by atoms with Gasteiger partial charge in [0.2, 0.25) is 5.13 Å². The van der Waals surface area contributed by atoms with Crippen LogP contribution in [0.15, 0.2) is 42.0 Å². The molecule has 36 heavy (non-hydrogen) atoms. The molecule has 1 heterocycles. The first-order valence-electron chi connectivity index (χ1n) is 11.4. The third kappa shape index (κ3) is 7.70. The first-order chi connectivity index (χ1) is 17.4. The van der Waals surface area contributed by atoms with Crippen molar-refractivity contribution in [3.8, 4) is 23.3 Å². The number of hydrogen-bond donors (Lipinski definition) is 1. The maximum Gasteiger partial charge on any atom is 0.268 e. The molecule has 0 aliphatic heterocycles. The highest BCUT2D eigenvalue weighted by molar-refractivity contribution is 7.15. The van der Waals surface area contributed by atoms with Gasteiger partial charge in [-0.25, -0.2) is 0 Å². The van der Waals surface area contributed by atoms with Gasteiger partial charge in [0.25, 0.3) is 5.91 Å². The molecule has 0 spiro atoms. The van der Waals surface area contributed by atoms with E-state index in [1.54, 1.807) is 12.1 Å². The molecule has 3 rings (SSSR count). The lowest BCUT2D eigenvalue weighted by Crippen LogP contribution is -2.13. The molecule has 188 valence electrons. The van der Waals surface area contributed by atoms with Gasteiger partial charge in [-0.15, -0.1) is 10.2 Å². The number of carbonyl (C=O) groups is 1. The van der Waals surface area contributed by atoms with E-state index in [1.165, 1.54) is 24.5 Å². The van der Waals surface area contributed by atoms with Gasteiger partial charge in [-0.2, -0.15) is 5.26 Å². The van der Waals surface area contributed by atoms with Gasteiger partial charge in [0.1, 0.15) is 35.6 Å². The molecule has 0 bridgehead atoms. The molecule has 0 unspecified atom stereocenters. The Balaban J connectivity index is 1.66. The largest absolute Gasteiger partial charge is 0.493 e. The second-order valence-electron chi connectivity index (χ2n) is 7.78. The predicted molar refractivity (Wildman–Crippen MR) is 141 cm³/mol. The number of carbonyl (C=O) groups excluding carboxylic acids is 1. The van der Waals surface area contributed by atoms with Crippen molar-refractivity contribution < 1.29 is 19.0 Å². The average Bonchev–Trinajstić information content (AvgIpc) is 3.31. The number of nitrogens with zero attached hydrogens (tertiary/aromatic N) is 3. The maximum absolute atomic E-state index is 12.6. The first kappa shape index (κ1) is 27.0. The summed E-state index contributed by atoms with van der Waals surface area (Å²) in [5.74, 6) is 0.886. The summed E-state index contributed by atoms with van der Waals surface area (Å²) < 4.78 is 16.9. The van der Waals surface area contributed by atoms with Crippen LogP contribution >= 0.6 is 22.9 Å². The smallest absolute Gasteiger partial charge is 0.268 e. The Morgan fingerprint density at radius 2 is 2.03 bits per heavy atom. The van der Waals surface area contributed by atoms with E-state index in [0.717, 1.165) is 35.6 Å². The van der Waals surface area contributed by atoms with Gasteiger partial charge in [-0.05, 0) is 54.8 Å². The highest BCUT2D eigenvalue weighted by Gasteiger charge is 2.16. The van der Waals surface area contributed by atoms with E-state index in [-0.39, 0.29) is 17.2 Å². The Bertz CT molecular complexity index is 1270. The number of anilines is 1. The van der Waals surface area contributed by atoms with Crippen LogP contribution in [0.3, 0.4) is 0 Å². The summed E-state index contributed by atoms with van der Waals surface area (Å²) in [6.45, 7) is 4.64. The Morgan fingerprint density at radius 1 is 1.22 bits per heavy atom. The number of benzene rings is 2. The van der Waals surface area contributed by atoms with E-state index >= 15 is 0 Å². The van der Waals surface area contributed by atoms with Gasteiger partial charge in [0, 0.05) is 6.42 Å². The Kier molecular flexibility index (Phi) is 10.1. The topological polar surface area (TPSA) is 106 Å². The number of nitriles is 1. The molecule has 0 atom stereocenters. The predicted octanol–water partition coefficient (Wildman–Crippen LogP) is 5.85. The van der Waals surface area contributed by atoms with Gasteiger partial charge < -0.3 is 14.2 Å². The molecule has 0 saturated carbocycles. The molecule has 0 aliphatic rings.